The predicted molar refractivity (Wildman–Crippen MR) is 110 cm³/mol. The van der Waals surface area contributed by atoms with Crippen LogP contribution in [0.2, 0.25) is 5.02 Å². The number of hydrogen-bond acceptors (Lipinski definition) is 4. The number of aromatic amines is 1. The monoisotopic (exact) mass is 408 g/mol. The number of ether oxygens (including phenoxy) is 3. The van der Waals surface area contributed by atoms with Crippen molar-refractivity contribution in [3.8, 4) is 17.2 Å². The summed E-state index contributed by atoms with van der Waals surface area (Å²) < 4.78 is 16.5. The van der Waals surface area contributed by atoms with Crippen molar-refractivity contribution < 1.29 is 14.2 Å². The molecule has 144 valence electrons. The zero-order chi connectivity index (χ0) is 18.3. The van der Waals surface area contributed by atoms with E-state index >= 15 is 0 Å². The molecule has 0 bridgehead atoms. The minimum absolute atomic E-state index is 0. The summed E-state index contributed by atoms with van der Waals surface area (Å²) in [4.78, 5) is 3.56. The smallest absolute Gasteiger partial charge is 0.164 e. The SMILES string of the molecule is COc1cc(OC)c(C2NCCc3c2[nH]c2ccc(Cl)cc32)cc1OC.Cl. The molecule has 1 aliphatic rings. The molecule has 0 aliphatic carbocycles. The van der Waals surface area contributed by atoms with Crippen LogP contribution in [-0.4, -0.2) is 32.9 Å². The lowest BCUT2D eigenvalue weighted by Gasteiger charge is -2.27. The van der Waals surface area contributed by atoms with Crippen LogP contribution in [0.1, 0.15) is 22.9 Å². The molecule has 1 aliphatic heterocycles. The number of benzene rings is 2. The number of rotatable bonds is 4. The molecule has 0 saturated heterocycles. The first-order chi connectivity index (χ1) is 12.7. The number of aromatic nitrogens is 1. The van der Waals surface area contributed by atoms with Gasteiger partial charge >= 0.3 is 0 Å². The fraction of sp³-hybridized carbons (Fsp3) is 0.300. The lowest BCUT2D eigenvalue weighted by molar-refractivity contribution is 0.345. The molecule has 2 heterocycles. The van der Waals surface area contributed by atoms with Gasteiger partial charge in [0.1, 0.15) is 5.75 Å². The number of nitrogens with one attached hydrogen (secondary N) is 2. The van der Waals surface area contributed by atoms with Crippen LogP contribution in [0, 0.1) is 0 Å². The van der Waals surface area contributed by atoms with Gasteiger partial charge in [-0.15, -0.1) is 12.4 Å². The topological polar surface area (TPSA) is 55.5 Å². The zero-order valence-electron chi connectivity index (χ0n) is 15.4. The summed E-state index contributed by atoms with van der Waals surface area (Å²) in [5, 5.41) is 5.52. The predicted octanol–water partition coefficient (Wildman–Crippen LogP) is 4.50. The second-order valence-corrected chi connectivity index (χ2v) is 6.73. The minimum Gasteiger partial charge on any atom is -0.496 e. The number of methoxy groups -OCH3 is 3. The molecule has 0 amide bonds. The summed E-state index contributed by atoms with van der Waals surface area (Å²) in [6, 6.07) is 9.77. The Hall–Kier alpha value is -2.08. The van der Waals surface area contributed by atoms with Crippen LogP contribution in [0.15, 0.2) is 30.3 Å². The van der Waals surface area contributed by atoms with E-state index in [-0.39, 0.29) is 18.4 Å². The maximum Gasteiger partial charge on any atom is 0.164 e. The Balaban J connectivity index is 0.00000210. The Kier molecular flexibility index (Phi) is 5.75. The van der Waals surface area contributed by atoms with Crippen LogP contribution in [0.5, 0.6) is 17.2 Å². The minimum atomic E-state index is -0.0281. The first-order valence-corrected chi connectivity index (χ1v) is 8.87. The molecule has 0 saturated carbocycles. The third-order valence-corrected chi connectivity index (χ3v) is 5.20. The Bertz CT molecular complexity index is 972. The van der Waals surface area contributed by atoms with E-state index in [0.29, 0.717) is 11.5 Å². The Morgan fingerprint density at radius 3 is 2.37 bits per heavy atom. The average molecular weight is 409 g/mol. The van der Waals surface area contributed by atoms with Gasteiger partial charge in [0.25, 0.3) is 0 Å². The standard InChI is InChI=1S/C20H21ClN2O3.ClH/c1-24-16-10-18(26-3)17(25-2)9-14(16)19-20-12(6-7-22-19)13-8-11(21)4-5-15(13)23-20;/h4-5,8-10,19,22-23H,6-7H2,1-3H3;1H. The Labute approximate surface area is 169 Å². The van der Waals surface area contributed by atoms with Gasteiger partial charge in [-0.05, 0) is 36.2 Å². The number of H-pyrrole nitrogens is 1. The fourth-order valence-electron chi connectivity index (χ4n) is 3.74. The van der Waals surface area contributed by atoms with E-state index < -0.39 is 0 Å². The molecule has 3 aromatic rings. The normalized spacial score (nSPS) is 15.8. The molecule has 1 unspecified atom stereocenters. The number of fused-ring (bicyclic) bond motifs is 3. The van der Waals surface area contributed by atoms with E-state index in [1.165, 1.54) is 10.9 Å². The maximum atomic E-state index is 6.21. The van der Waals surface area contributed by atoms with E-state index in [0.717, 1.165) is 40.5 Å². The van der Waals surface area contributed by atoms with Crippen LogP contribution in [0.3, 0.4) is 0 Å². The highest BCUT2D eigenvalue weighted by Gasteiger charge is 2.28. The fourth-order valence-corrected chi connectivity index (χ4v) is 3.92. The summed E-state index contributed by atoms with van der Waals surface area (Å²) in [6.45, 7) is 0.870. The first-order valence-electron chi connectivity index (χ1n) is 8.49. The summed E-state index contributed by atoms with van der Waals surface area (Å²) in [6.07, 6.45) is 0.946. The van der Waals surface area contributed by atoms with Crippen LogP contribution >= 0.6 is 24.0 Å². The second-order valence-electron chi connectivity index (χ2n) is 6.29. The quantitative estimate of drug-likeness (QED) is 0.666. The van der Waals surface area contributed by atoms with Gasteiger partial charge < -0.3 is 24.5 Å². The van der Waals surface area contributed by atoms with Crippen LogP contribution in [0.25, 0.3) is 10.9 Å². The lowest BCUT2D eigenvalue weighted by Crippen LogP contribution is -2.30. The van der Waals surface area contributed by atoms with Crippen molar-refractivity contribution in [3.63, 3.8) is 0 Å². The molecule has 5 nitrogen and oxygen atoms in total. The van der Waals surface area contributed by atoms with Gasteiger partial charge in [-0.2, -0.15) is 0 Å². The maximum absolute atomic E-state index is 6.21. The number of halogens is 2. The molecular formula is C20H22Cl2N2O3. The van der Waals surface area contributed by atoms with Gasteiger partial charge in [0.15, 0.2) is 11.5 Å². The third-order valence-electron chi connectivity index (χ3n) is 4.96. The van der Waals surface area contributed by atoms with Gasteiger partial charge in [0.2, 0.25) is 0 Å². The van der Waals surface area contributed by atoms with Crippen molar-refractivity contribution >= 4 is 34.9 Å². The van der Waals surface area contributed by atoms with Gasteiger partial charge in [-0.25, -0.2) is 0 Å². The van der Waals surface area contributed by atoms with Crippen molar-refractivity contribution in [1.82, 2.24) is 10.3 Å². The molecule has 4 rings (SSSR count). The molecule has 1 aromatic heterocycles. The van der Waals surface area contributed by atoms with Gasteiger partial charge in [0.05, 0.1) is 27.4 Å². The molecule has 1 atom stereocenters. The molecule has 0 fully saturated rings. The molecule has 7 heteroatoms. The van der Waals surface area contributed by atoms with Crippen molar-refractivity contribution in [2.75, 3.05) is 27.9 Å². The molecule has 2 aromatic carbocycles. The summed E-state index contributed by atoms with van der Waals surface area (Å²) in [5.41, 5.74) is 4.53. The molecule has 2 N–H and O–H groups in total. The Morgan fingerprint density at radius 1 is 0.963 bits per heavy atom. The molecule has 27 heavy (non-hydrogen) atoms. The van der Waals surface area contributed by atoms with Crippen molar-refractivity contribution in [1.29, 1.82) is 0 Å². The first kappa shape index (κ1) is 19.7. The highest BCUT2D eigenvalue weighted by atomic mass is 35.5. The van der Waals surface area contributed by atoms with Crippen molar-refractivity contribution in [2.24, 2.45) is 0 Å². The molecular weight excluding hydrogens is 387 g/mol. The summed E-state index contributed by atoms with van der Waals surface area (Å²) in [5.74, 6) is 2.08. The lowest BCUT2D eigenvalue weighted by atomic mass is 9.93. The van der Waals surface area contributed by atoms with E-state index in [1.54, 1.807) is 21.3 Å². The van der Waals surface area contributed by atoms with Crippen molar-refractivity contribution in [2.45, 2.75) is 12.5 Å². The van der Waals surface area contributed by atoms with E-state index in [4.69, 9.17) is 25.8 Å². The number of hydrogen-bond donors (Lipinski definition) is 2. The van der Waals surface area contributed by atoms with E-state index in [9.17, 15) is 0 Å². The summed E-state index contributed by atoms with van der Waals surface area (Å²) in [7, 11) is 4.92. The van der Waals surface area contributed by atoms with E-state index in [2.05, 4.69) is 10.3 Å². The largest absolute Gasteiger partial charge is 0.496 e. The van der Waals surface area contributed by atoms with Crippen LogP contribution in [-0.2, 0) is 6.42 Å². The molecule has 0 radical (unpaired) electrons. The van der Waals surface area contributed by atoms with E-state index in [1.807, 2.05) is 30.3 Å². The average Bonchev–Trinajstić information content (AvgIpc) is 3.04. The highest BCUT2D eigenvalue weighted by Crippen LogP contribution is 2.42. The van der Waals surface area contributed by atoms with Gasteiger partial charge in [-0.1, -0.05) is 11.6 Å². The third kappa shape index (κ3) is 3.31. The molecule has 0 spiro atoms. The Morgan fingerprint density at radius 2 is 1.67 bits per heavy atom. The van der Waals surface area contributed by atoms with Gasteiger partial charge in [-0.3, -0.25) is 0 Å². The van der Waals surface area contributed by atoms with Gasteiger partial charge in [0, 0.05) is 39.8 Å². The second kappa shape index (κ2) is 7.89. The van der Waals surface area contributed by atoms with Crippen LogP contribution in [0.4, 0.5) is 0 Å². The zero-order valence-corrected chi connectivity index (χ0v) is 17.0. The van der Waals surface area contributed by atoms with Crippen LogP contribution < -0.4 is 19.5 Å². The van der Waals surface area contributed by atoms with Crippen molar-refractivity contribution in [3.05, 3.63) is 52.2 Å². The highest BCUT2D eigenvalue weighted by molar-refractivity contribution is 6.31. The summed E-state index contributed by atoms with van der Waals surface area (Å²) >= 11 is 6.21.